The zero-order valence-electron chi connectivity index (χ0n) is 25.1. The summed E-state index contributed by atoms with van der Waals surface area (Å²) in [5, 5.41) is 5.82. The molecule has 2 aromatic rings. The van der Waals surface area contributed by atoms with Crippen LogP contribution in [0.2, 0.25) is 5.02 Å². The molecule has 1 atom stereocenters. The summed E-state index contributed by atoms with van der Waals surface area (Å²) >= 11 is 6.47. The van der Waals surface area contributed by atoms with Gasteiger partial charge in [-0.15, -0.1) is 0 Å². The maximum atomic E-state index is 13.2. The van der Waals surface area contributed by atoms with Crippen LogP contribution in [0, 0.1) is 0 Å². The number of benzene rings is 1. The molecule has 2 heterocycles. The summed E-state index contributed by atoms with van der Waals surface area (Å²) < 4.78 is 27.8. The molecule has 2 aliphatic rings. The van der Waals surface area contributed by atoms with Crippen molar-refractivity contribution in [2.75, 3.05) is 40.6 Å². The standard InChI is InChI=1S/C31H32ClN3O10/c1-5-44-30(39)26-21(34-13-19(29(38)42-4)25(26)18-8-6-7-9-20(18)32)16-43-11-10-33-31(40)45-15-17-14-35(2)27-22(36)12-23(41-3)28(37)24(17)27/h6-9,12-14,25,34H,5,10-11,15-16H2,1-4H3,(H,33,40). The van der Waals surface area contributed by atoms with Crippen molar-refractivity contribution in [3.05, 3.63) is 92.7 Å². The Hall–Kier alpha value is -4.88. The van der Waals surface area contributed by atoms with E-state index >= 15 is 0 Å². The number of carbonyl (C=O) groups is 5. The zero-order chi connectivity index (χ0) is 32.7. The zero-order valence-corrected chi connectivity index (χ0v) is 25.8. The van der Waals surface area contributed by atoms with E-state index in [1.54, 1.807) is 44.4 Å². The second-order valence-electron chi connectivity index (χ2n) is 9.75. The number of ether oxygens (including phenoxy) is 5. The number of hydrogen-bond acceptors (Lipinski definition) is 11. The van der Waals surface area contributed by atoms with Gasteiger partial charge in [0, 0.05) is 42.7 Å². The van der Waals surface area contributed by atoms with E-state index in [1.807, 2.05) is 0 Å². The second-order valence-corrected chi connectivity index (χ2v) is 10.2. The molecule has 1 aliphatic carbocycles. The van der Waals surface area contributed by atoms with Crippen molar-refractivity contribution in [2.24, 2.45) is 7.05 Å². The van der Waals surface area contributed by atoms with Crippen LogP contribution in [-0.2, 0) is 46.9 Å². The number of fused-ring (bicyclic) bond motifs is 1. The molecule has 45 heavy (non-hydrogen) atoms. The molecule has 0 spiro atoms. The summed E-state index contributed by atoms with van der Waals surface area (Å²) in [5.41, 5.74) is 1.80. The van der Waals surface area contributed by atoms with E-state index in [0.29, 0.717) is 21.8 Å². The first-order valence-electron chi connectivity index (χ1n) is 13.8. The number of hydrogen-bond donors (Lipinski definition) is 2. The lowest BCUT2D eigenvalue weighted by molar-refractivity contribution is -0.139. The molecule has 14 heteroatoms. The van der Waals surface area contributed by atoms with Crippen LogP contribution >= 0.6 is 11.6 Å². The summed E-state index contributed by atoms with van der Waals surface area (Å²) in [6, 6.07) is 6.82. The Morgan fingerprint density at radius 2 is 1.82 bits per heavy atom. The normalized spacial score (nSPS) is 15.8. The van der Waals surface area contributed by atoms with Crippen LogP contribution in [0.5, 0.6) is 0 Å². The molecule has 1 aliphatic heterocycles. The van der Waals surface area contributed by atoms with Gasteiger partial charge in [-0.25, -0.2) is 14.4 Å². The number of alkyl carbamates (subject to hydrolysis) is 1. The lowest BCUT2D eigenvalue weighted by Gasteiger charge is -2.29. The van der Waals surface area contributed by atoms with E-state index < -0.39 is 29.7 Å². The summed E-state index contributed by atoms with van der Waals surface area (Å²) in [4.78, 5) is 63.3. The molecule has 1 aromatic carbocycles. The highest BCUT2D eigenvalue weighted by atomic mass is 35.5. The molecule has 1 aromatic heterocycles. The van der Waals surface area contributed by atoms with E-state index in [2.05, 4.69) is 10.6 Å². The van der Waals surface area contributed by atoms with Gasteiger partial charge in [0.1, 0.15) is 12.3 Å². The number of aryl methyl sites for hydroxylation is 1. The number of amides is 1. The Kier molecular flexibility index (Phi) is 10.8. The fourth-order valence-corrected chi connectivity index (χ4v) is 5.27. The molecule has 4 rings (SSSR count). The van der Waals surface area contributed by atoms with E-state index in [4.69, 9.17) is 35.3 Å². The van der Waals surface area contributed by atoms with Gasteiger partial charge in [0.2, 0.25) is 11.6 Å². The molecular formula is C31H32ClN3O10. The number of methoxy groups -OCH3 is 2. The number of allylic oxidation sites excluding steroid dienone is 2. The smallest absolute Gasteiger partial charge is 0.407 e. The number of aromatic nitrogens is 1. The van der Waals surface area contributed by atoms with Crippen LogP contribution in [0.4, 0.5) is 4.79 Å². The first-order chi connectivity index (χ1) is 21.6. The van der Waals surface area contributed by atoms with Crippen molar-refractivity contribution in [3.8, 4) is 0 Å². The number of ketones is 2. The highest BCUT2D eigenvalue weighted by Crippen LogP contribution is 2.40. The van der Waals surface area contributed by atoms with E-state index in [0.717, 1.165) is 6.08 Å². The molecule has 0 saturated carbocycles. The van der Waals surface area contributed by atoms with Crippen molar-refractivity contribution < 1.29 is 47.7 Å². The van der Waals surface area contributed by atoms with Gasteiger partial charge in [-0.3, -0.25) is 9.59 Å². The monoisotopic (exact) mass is 641 g/mol. The minimum Gasteiger partial charge on any atom is -0.492 e. The Balaban J connectivity index is 1.39. The van der Waals surface area contributed by atoms with Crippen molar-refractivity contribution in [1.29, 1.82) is 0 Å². The summed E-state index contributed by atoms with van der Waals surface area (Å²) in [6.07, 6.45) is 3.33. The lowest BCUT2D eigenvalue weighted by atomic mass is 9.82. The highest BCUT2D eigenvalue weighted by molar-refractivity contribution is 6.31. The predicted octanol–water partition coefficient (Wildman–Crippen LogP) is 3.09. The number of dihydropyridines is 1. The minimum atomic E-state index is -0.889. The molecule has 0 radical (unpaired) electrons. The topological polar surface area (TPSA) is 160 Å². The number of Topliss-reactive ketones (excluding diaryl/α,β-unsaturated/α-hetero) is 1. The van der Waals surface area contributed by atoms with E-state index in [-0.39, 0.29) is 66.9 Å². The van der Waals surface area contributed by atoms with Crippen molar-refractivity contribution >= 4 is 41.2 Å². The van der Waals surface area contributed by atoms with Gasteiger partial charge in [0.15, 0.2) is 5.76 Å². The third kappa shape index (κ3) is 7.10. The number of halogens is 1. The van der Waals surface area contributed by atoms with Crippen molar-refractivity contribution in [3.63, 3.8) is 0 Å². The fourth-order valence-electron chi connectivity index (χ4n) is 5.02. The average Bonchev–Trinajstić information content (AvgIpc) is 3.37. The maximum Gasteiger partial charge on any atom is 0.407 e. The first kappa shape index (κ1) is 33.0. The van der Waals surface area contributed by atoms with Gasteiger partial charge in [-0.2, -0.15) is 0 Å². The molecule has 0 saturated heterocycles. The molecular weight excluding hydrogens is 610 g/mol. The number of nitrogens with one attached hydrogen (secondary N) is 2. The van der Waals surface area contributed by atoms with Gasteiger partial charge >= 0.3 is 18.0 Å². The van der Waals surface area contributed by atoms with Gasteiger partial charge in [-0.1, -0.05) is 29.8 Å². The number of esters is 2. The van der Waals surface area contributed by atoms with Crippen molar-refractivity contribution in [2.45, 2.75) is 19.4 Å². The Bertz CT molecular complexity index is 1620. The third-order valence-corrected chi connectivity index (χ3v) is 7.35. The molecule has 0 fully saturated rings. The largest absolute Gasteiger partial charge is 0.492 e. The van der Waals surface area contributed by atoms with Gasteiger partial charge in [0.05, 0.1) is 62.4 Å². The average molecular weight is 642 g/mol. The number of carbonyl (C=O) groups excluding carboxylic acids is 5. The molecule has 1 unspecified atom stereocenters. The number of rotatable bonds is 12. The number of nitrogens with zero attached hydrogens (tertiary/aromatic N) is 1. The Morgan fingerprint density at radius 3 is 2.51 bits per heavy atom. The van der Waals surface area contributed by atoms with Crippen LogP contribution in [0.3, 0.4) is 0 Å². The van der Waals surface area contributed by atoms with Gasteiger partial charge < -0.3 is 38.9 Å². The van der Waals surface area contributed by atoms with E-state index in [1.165, 1.54) is 25.0 Å². The van der Waals surface area contributed by atoms with Crippen LogP contribution in [0.15, 0.2) is 65.3 Å². The second kappa shape index (κ2) is 14.7. The van der Waals surface area contributed by atoms with Crippen LogP contribution < -0.4 is 10.6 Å². The summed E-state index contributed by atoms with van der Waals surface area (Å²) in [7, 11) is 4.14. The fraction of sp³-hybridized carbons (Fsp3) is 0.323. The molecule has 1 amide bonds. The predicted molar refractivity (Wildman–Crippen MR) is 159 cm³/mol. The SMILES string of the molecule is CCOC(=O)C1=C(COCCNC(=O)OCc2cn(C)c3c2C(=O)C(OC)=CC3=O)NC=C(C(=O)OC)C1c1ccccc1Cl. The van der Waals surface area contributed by atoms with Crippen LogP contribution in [0.1, 0.15) is 44.8 Å². The van der Waals surface area contributed by atoms with Crippen molar-refractivity contribution in [1.82, 2.24) is 15.2 Å². The van der Waals surface area contributed by atoms with Gasteiger partial charge in [0.25, 0.3) is 0 Å². The first-order valence-corrected chi connectivity index (χ1v) is 14.2. The Labute approximate surface area is 263 Å². The lowest BCUT2D eigenvalue weighted by Crippen LogP contribution is -2.33. The summed E-state index contributed by atoms with van der Waals surface area (Å²) in [6.45, 7) is 1.46. The minimum absolute atomic E-state index is 0.0242. The molecule has 238 valence electrons. The van der Waals surface area contributed by atoms with Crippen LogP contribution in [0.25, 0.3) is 0 Å². The molecule has 2 N–H and O–H groups in total. The van der Waals surface area contributed by atoms with E-state index in [9.17, 15) is 24.0 Å². The Morgan fingerprint density at radius 1 is 1.07 bits per heavy atom. The molecule has 13 nitrogen and oxygen atoms in total. The van der Waals surface area contributed by atoms with Crippen LogP contribution in [-0.4, -0.2) is 74.8 Å². The summed E-state index contributed by atoms with van der Waals surface area (Å²) in [5.74, 6) is -3.16. The third-order valence-electron chi connectivity index (χ3n) is 7.01. The van der Waals surface area contributed by atoms with Gasteiger partial charge in [-0.05, 0) is 18.6 Å². The highest BCUT2D eigenvalue weighted by Gasteiger charge is 2.38. The quantitative estimate of drug-likeness (QED) is 0.199. The molecule has 0 bridgehead atoms. The maximum absolute atomic E-state index is 13.2.